The quantitative estimate of drug-likeness (QED) is 0.750. The predicted octanol–water partition coefficient (Wildman–Crippen LogP) is 4.12. The third-order valence-electron chi connectivity index (χ3n) is 3.03. The van der Waals surface area contributed by atoms with E-state index in [1.165, 1.54) is 24.8 Å². The minimum Gasteiger partial charge on any atom is -0.494 e. The summed E-state index contributed by atoms with van der Waals surface area (Å²) in [7, 11) is 0. The Bertz CT molecular complexity index is 324. The predicted molar refractivity (Wildman–Crippen MR) is 66.9 cm³/mol. The van der Waals surface area contributed by atoms with Crippen molar-refractivity contribution in [1.29, 1.82) is 0 Å². The molecular formula is C13H17BrO. The SMILES string of the molecule is CCOc1cccc(C2CCCC2Br)c1. The van der Waals surface area contributed by atoms with E-state index < -0.39 is 0 Å². The van der Waals surface area contributed by atoms with Gasteiger partial charge in [0.2, 0.25) is 0 Å². The second-order valence-corrected chi connectivity index (χ2v) is 5.24. The van der Waals surface area contributed by atoms with Crippen molar-refractivity contribution in [3.63, 3.8) is 0 Å². The minimum atomic E-state index is 0.648. The van der Waals surface area contributed by atoms with Gasteiger partial charge in [-0.3, -0.25) is 0 Å². The van der Waals surface area contributed by atoms with E-state index in [2.05, 4.69) is 34.1 Å². The first-order chi connectivity index (χ1) is 7.31. The Labute approximate surface area is 100.0 Å². The molecule has 0 amide bonds. The van der Waals surface area contributed by atoms with Gasteiger partial charge < -0.3 is 4.74 Å². The lowest BCUT2D eigenvalue weighted by Crippen LogP contribution is -2.04. The lowest BCUT2D eigenvalue weighted by atomic mass is 9.97. The number of alkyl halides is 1. The van der Waals surface area contributed by atoms with Gasteiger partial charge in [0.25, 0.3) is 0 Å². The summed E-state index contributed by atoms with van der Waals surface area (Å²) >= 11 is 3.76. The fraction of sp³-hybridized carbons (Fsp3) is 0.538. The molecule has 82 valence electrons. The van der Waals surface area contributed by atoms with Crippen LogP contribution in [0.3, 0.4) is 0 Å². The molecule has 0 aliphatic heterocycles. The fourth-order valence-electron chi connectivity index (χ4n) is 2.29. The molecule has 1 saturated carbocycles. The van der Waals surface area contributed by atoms with Gasteiger partial charge in [-0.25, -0.2) is 0 Å². The lowest BCUT2D eigenvalue weighted by molar-refractivity contribution is 0.339. The Kier molecular flexibility index (Phi) is 3.68. The molecule has 2 atom stereocenters. The van der Waals surface area contributed by atoms with Gasteiger partial charge in [-0.2, -0.15) is 0 Å². The highest BCUT2D eigenvalue weighted by Gasteiger charge is 2.26. The van der Waals surface area contributed by atoms with Gasteiger partial charge in [0.15, 0.2) is 0 Å². The molecule has 1 aliphatic carbocycles. The van der Waals surface area contributed by atoms with Gasteiger partial charge in [0, 0.05) is 4.83 Å². The first-order valence-corrected chi connectivity index (χ1v) is 6.59. The molecule has 15 heavy (non-hydrogen) atoms. The van der Waals surface area contributed by atoms with Crippen molar-refractivity contribution in [1.82, 2.24) is 0 Å². The van der Waals surface area contributed by atoms with Crippen molar-refractivity contribution in [3.8, 4) is 5.75 Å². The van der Waals surface area contributed by atoms with E-state index in [1.807, 2.05) is 13.0 Å². The van der Waals surface area contributed by atoms with Crippen LogP contribution in [0.25, 0.3) is 0 Å². The molecule has 2 rings (SSSR count). The normalized spacial score (nSPS) is 25.5. The van der Waals surface area contributed by atoms with Gasteiger partial charge in [0.1, 0.15) is 5.75 Å². The molecule has 1 nitrogen and oxygen atoms in total. The Morgan fingerprint density at radius 3 is 2.93 bits per heavy atom. The summed E-state index contributed by atoms with van der Waals surface area (Å²) in [6.07, 6.45) is 3.93. The number of benzene rings is 1. The Morgan fingerprint density at radius 1 is 1.40 bits per heavy atom. The van der Waals surface area contributed by atoms with Crippen molar-refractivity contribution in [2.45, 2.75) is 36.9 Å². The highest BCUT2D eigenvalue weighted by Crippen LogP contribution is 2.39. The molecule has 0 N–H and O–H groups in total. The van der Waals surface area contributed by atoms with Crippen LogP contribution in [0.2, 0.25) is 0 Å². The number of hydrogen-bond acceptors (Lipinski definition) is 1. The molecule has 1 aromatic carbocycles. The Hall–Kier alpha value is -0.500. The van der Waals surface area contributed by atoms with Crippen LogP contribution in [0.15, 0.2) is 24.3 Å². The second-order valence-electron chi connectivity index (χ2n) is 4.06. The van der Waals surface area contributed by atoms with E-state index in [9.17, 15) is 0 Å². The van der Waals surface area contributed by atoms with E-state index in [1.54, 1.807) is 0 Å². The summed E-state index contributed by atoms with van der Waals surface area (Å²) in [5.74, 6) is 1.67. The Morgan fingerprint density at radius 2 is 2.27 bits per heavy atom. The van der Waals surface area contributed by atoms with Crippen LogP contribution >= 0.6 is 15.9 Å². The zero-order valence-corrected chi connectivity index (χ0v) is 10.7. The number of ether oxygens (including phenoxy) is 1. The van der Waals surface area contributed by atoms with Crippen molar-refractivity contribution >= 4 is 15.9 Å². The largest absolute Gasteiger partial charge is 0.494 e. The summed E-state index contributed by atoms with van der Waals surface area (Å²) in [5.41, 5.74) is 1.42. The molecule has 0 saturated heterocycles. The molecule has 2 unspecified atom stereocenters. The summed E-state index contributed by atoms with van der Waals surface area (Å²) in [6.45, 7) is 2.77. The van der Waals surface area contributed by atoms with Crippen molar-refractivity contribution in [2.24, 2.45) is 0 Å². The van der Waals surface area contributed by atoms with Gasteiger partial charge in [-0.1, -0.05) is 34.5 Å². The summed E-state index contributed by atoms with van der Waals surface area (Å²) in [4.78, 5) is 0.648. The highest BCUT2D eigenvalue weighted by atomic mass is 79.9. The number of halogens is 1. The molecule has 1 aromatic rings. The monoisotopic (exact) mass is 268 g/mol. The van der Waals surface area contributed by atoms with Crippen molar-refractivity contribution in [2.75, 3.05) is 6.61 Å². The summed E-state index contributed by atoms with van der Waals surface area (Å²) in [6, 6.07) is 8.53. The second kappa shape index (κ2) is 5.02. The molecule has 2 heteroatoms. The Balaban J connectivity index is 2.16. The maximum Gasteiger partial charge on any atom is 0.119 e. The topological polar surface area (TPSA) is 9.23 Å². The first kappa shape index (κ1) is 11.0. The van der Waals surface area contributed by atoms with E-state index in [4.69, 9.17) is 4.74 Å². The maximum absolute atomic E-state index is 5.53. The average Bonchev–Trinajstić information content (AvgIpc) is 2.65. The molecule has 1 fully saturated rings. The van der Waals surface area contributed by atoms with Crippen LogP contribution in [0, 0.1) is 0 Å². The third kappa shape index (κ3) is 2.54. The van der Waals surface area contributed by atoms with Crippen LogP contribution in [0.1, 0.15) is 37.7 Å². The number of rotatable bonds is 3. The standard InChI is InChI=1S/C13H17BrO/c1-2-15-11-6-3-5-10(9-11)12-7-4-8-13(12)14/h3,5-6,9,12-13H,2,4,7-8H2,1H3. The van der Waals surface area contributed by atoms with Gasteiger partial charge in [-0.05, 0) is 43.4 Å². The van der Waals surface area contributed by atoms with Crippen LogP contribution in [0.4, 0.5) is 0 Å². The van der Waals surface area contributed by atoms with Crippen molar-refractivity contribution < 1.29 is 4.74 Å². The summed E-state index contributed by atoms with van der Waals surface area (Å²) in [5, 5.41) is 0. The number of hydrogen-bond donors (Lipinski definition) is 0. The van der Waals surface area contributed by atoms with E-state index >= 15 is 0 Å². The van der Waals surface area contributed by atoms with Gasteiger partial charge >= 0.3 is 0 Å². The van der Waals surface area contributed by atoms with Gasteiger partial charge in [-0.15, -0.1) is 0 Å². The maximum atomic E-state index is 5.53. The van der Waals surface area contributed by atoms with Crippen LogP contribution in [-0.4, -0.2) is 11.4 Å². The van der Waals surface area contributed by atoms with Crippen LogP contribution < -0.4 is 4.74 Å². The van der Waals surface area contributed by atoms with Gasteiger partial charge in [0.05, 0.1) is 6.61 Å². The molecule has 0 heterocycles. The zero-order valence-electron chi connectivity index (χ0n) is 9.08. The molecule has 1 aliphatic rings. The van der Waals surface area contributed by atoms with Crippen LogP contribution in [-0.2, 0) is 0 Å². The molecule has 0 radical (unpaired) electrons. The smallest absolute Gasteiger partial charge is 0.119 e. The lowest BCUT2D eigenvalue weighted by Gasteiger charge is -2.15. The third-order valence-corrected chi connectivity index (χ3v) is 4.12. The first-order valence-electron chi connectivity index (χ1n) is 5.68. The van der Waals surface area contributed by atoms with Crippen molar-refractivity contribution in [3.05, 3.63) is 29.8 Å². The fourth-order valence-corrected chi connectivity index (χ4v) is 3.19. The summed E-state index contributed by atoms with van der Waals surface area (Å²) < 4.78 is 5.53. The minimum absolute atomic E-state index is 0.648. The molecule has 0 aromatic heterocycles. The average molecular weight is 269 g/mol. The molecule has 0 spiro atoms. The van der Waals surface area contributed by atoms with Crippen LogP contribution in [0.5, 0.6) is 5.75 Å². The van der Waals surface area contributed by atoms with E-state index in [0.29, 0.717) is 10.7 Å². The molecule has 0 bridgehead atoms. The molecular weight excluding hydrogens is 252 g/mol. The highest BCUT2D eigenvalue weighted by molar-refractivity contribution is 9.09. The zero-order chi connectivity index (χ0) is 10.7. The van der Waals surface area contributed by atoms with E-state index in [-0.39, 0.29) is 0 Å². The van der Waals surface area contributed by atoms with E-state index in [0.717, 1.165) is 12.4 Å².